The average molecular weight is 1230 g/mol. The Morgan fingerprint density at radius 3 is 0.885 bits per heavy atom. The quantitative estimate of drug-likeness (QED) is 0.0264. The van der Waals surface area contributed by atoms with Gasteiger partial charge in [-0.15, -0.1) is 0 Å². The number of phosphoric ester groups is 1. The van der Waals surface area contributed by atoms with Crippen molar-refractivity contribution in [3.05, 3.63) is 122 Å². The number of ether oxygens (including phenoxy) is 2. The standard InChI is InChI=1S/C77H134NO8P/c1-3-5-7-9-11-13-15-17-19-21-23-25-27-29-31-32-33-34-35-36-37-38-39-40-41-42-44-45-47-49-51-53-55-57-59-61-63-65-67-69-76(79)83-73-75(74-85-87(81,82)84-72-71-78)86-77(80)70-68-66-64-62-60-58-56-54-52-50-48-46-43-30-28-26-24-22-20-18-16-14-12-10-8-6-4-2/h5-8,11-14,17-20,23-26,30,43,48,50,75H,3-4,9-10,15-16,21-22,27-29,31-42,44-47,49,51-74,78H2,1-2H3,(H,81,82)/b7-5-,8-6-,13-11-,14-12-,19-17-,20-18-,25-23-,26-24-,43-30-,50-48-. The lowest BCUT2D eigenvalue weighted by atomic mass is 10.0. The molecule has 0 saturated heterocycles. The van der Waals surface area contributed by atoms with Crippen LogP contribution in [0.3, 0.4) is 0 Å². The molecule has 0 aromatic carbocycles. The molecule has 2 atom stereocenters. The molecule has 3 N–H and O–H groups in total. The molecule has 10 heteroatoms. The third-order valence-electron chi connectivity index (χ3n) is 15.3. The normalized spacial score (nSPS) is 13.7. The number of hydrogen-bond donors (Lipinski definition) is 2. The van der Waals surface area contributed by atoms with E-state index in [1.807, 2.05) is 0 Å². The lowest BCUT2D eigenvalue weighted by Gasteiger charge is -2.19. The first-order valence-corrected chi connectivity index (χ1v) is 37.5. The maximum Gasteiger partial charge on any atom is 0.472 e. The number of unbranched alkanes of at least 4 members (excludes halogenated alkanes) is 34. The highest BCUT2D eigenvalue weighted by Gasteiger charge is 2.26. The number of allylic oxidation sites excluding steroid dienone is 20. The van der Waals surface area contributed by atoms with Crippen LogP contribution in [0.5, 0.6) is 0 Å². The molecule has 9 nitrogen and oxygen atoms in total. The molecule has 0 radical (unpaired) electrons. The third-order valence-corrected chi connectivity index (χ3v) is 16.3. The van der Waals surface area contributed by atoms with Gasteiger partial charge in [0.05, 0.1) is 13.2 Å². The second-order valence-corrected chi connectivity index (χ2v) is 25.1. The van der Waals surface area contributed by atoms with Crippen LogP contribution in [0.1, 0.15) is 322 Å². The number of rotatable bonds is 67. The van der Waals surface area contributed by atoms with Crippen LogP contribution in [0, 0.1) is 0 Å². The van der Waals surface area contributed by atoms with Crippen LogP contribution in [-0.4, -0.2) is 49.3 Å². The summed E-state index contributed by atoms with van der Waals surface area (Å²) >= 11 is 0. The number of carbonyl (C=O) groups excluding carboxylic acids is 2. The van der Waals surface area contributed by atoms with Crippen molar-refractivity contribution in [2.75, 3.05) is 26.4 Å². The fourth-order valence-corrected chi connectivity index (χ4v) is 10.9. The summed E-state index contributed by atoms with van der Waals surface area (Å²) in [6.07, 6.45) is 100. The van der Waals surface area contributed by atoms with Crippen LogP contribution < -0.4 is 5.73 Å². The molecule has 0 heterocycles. The summed E-state index contributed by atoms with van der Waals surface area (Å²) in [5.41, 5.74) is 5.40. The smallest absolute Gasteiger partial charge is 0.462 e. The highest BCUT2D eigenvalue weighted by molar-refractivity contribution is 7.47. The number of hydrogen-bond acceptors (Lipinski definition) is 8. The van der Waals surface area contributed by atoms with E-state index in [4.69, 9.17) is 24.3 Å². The van der Waals surface area contributed by atoms with Gasteiger partial charge in [-0.05, 0) is 103 Å². The Balaban J connectivity index is 3.83. The van der Waals surface area contributed by atoms with Crippen LogP contribution in [-0.2, 0) is 32.7 Å². The van der Waals surface area contributed by atoms with Crippen molar-refractivity contribution in [1.29, 1.82) is 0 Å². The van der Waals surface area contributed by atoms with E-state index in [9.17, 15) is 19.0 Å². The lowest BCUT2D eigenvalue weighted by Crippen LogP contribution is -2.29. The maximum absolute atomic E-state index is 12.8. The van der Waals surface area contributed by atoms with E-state index in [0.29, 0.717) is 6.42 Å². The summed E-state index contributed by atoms with van der Waals surface area (Å²) < 4.78 is 33.2. The number of nitrogens with two attached hydrogens (primary N) is 1. The Labute approximate surface area is 536 Å². The van der Waals surface area contributed by atoms with E-state index < -0.39 is 26.5 Å². The lowest BCUT2D eigenvalue weighted by molar-refractivity contribution is -0.161. The summed E-state index contributed by atoms with van der Waals surface area (Å²) in [7, 11) is -4.40. The van der Waals surface area contributed by atoms with Gasteiger partial charge in [-0.3, -0.25) is 18.6 Å². The van der Waals surface area contributed by atoms with Gasteiger partial charge in [-0.2, -0.15) is 0 Å². The van der Waals surface area contributed by atoms with Gasteiger partial charge in [0.15, 0.2) is 6.10 Å². The molecular weight excluding hydrogens is 1100 g/mol. The molecule has 0 rings (SSSR count). The third kappa shape index (κ3) is 71.4. The second-order valence-electron chi connectivity index (χ2n) is 23.7. The maximum atomic E-state index is 12.8. The van der Waals surface area contributed by atoms with Crippen molar-refractivity contribution < 1.29 is 37.6 Å². The van der Waals surface area contributed by atoms with Gasteiger partial charge in [0.25, 0.3) is 0 Å². The number of esters is 2. The molecule has 0 fully saturated rings. The van der Waals surface area contributed by atoms with E-state index in [1.165, 1.54) is 180 Å². The molecule has 0 bridgehead atoms. The van der Waals surface area contributed by atoms with Gasteiger partial charge in [-0.25, -0.2) is 4.57 Å². The van der Waals surface area contributed by atoms with Crippen molar-refractivity contribution >= 4 is 19.8 Å². The molecular formula is C77H134NO8P. The second kappa shape index (κ2) is 71.5. The Hall–Kier alpha value is -3.59. The number of carbonyl (C=O) groups is 2. The summed E-state index contributed by atoms with van der Waals surface area (Å²) in [6, 6.07) is 0. The zero-order chi connectivity index (χ0) is 63.0. The molecule has 0 amide bonds. The highest BCUT2D eigenvalue weighted by Crippen LogP contribution is 2.43. The van der Waals surface area contributed by atoms with Crippen LogP contribution in [0.4, 0.5) is 0 Å². The van der Waals surface area contributed by atoms with Gasteiger partial charge in [-0.1, -0.05) is 328 Å². The highest BCUT2D eigenvalue weighted by atomic mass is 31.2. The van der Waals surface area contributed by atoms with Crippen LogP contribution in [0.15, 0.2) is 122 Å². The van der Waals surface area contributed by atoms with Gasteiger partial charge in [0.1, 0.15) is 6.61 Å². The monoisotopic (exact) mass is 1230 g/mol. The molecule has 0 aromatic rings. The van der Waals surface area contributed by atoms with E-state index in [0.717, 1.165) is 109 Å². The Morgan fingerprint density at radius 1 is 0.345 bits per heavy atom. The molecule has 0 spiro atoms. The zero-order valence-corrected chi connectivity index (χ0v) is 57.1. The summed E-state index contributed by atoms with van der Waals surface area (Å²) in [6.45, 7) is 3.54. The van der Waals surface area contributed by atoms with Crippen molar-refractivity contribution in [3.63, 3.8) is 0 Å². The van der Waals surface area contributed by atoms with E-state index in [2.05, 4.69) is 135 Å². The first-order chi connectivity index (χ1) is 42.8. The molecule has 0 aliphatic carbocycles. The zero-order valence-electron chi connectivity index (χ0n) is 56.2. The van der Waals surface area contributed by atoms with Crippen molar-refractivity contribution in [3.8, 4) is 0 Å². The molecule has 2 unspecified atom stereocenters. The molecule has 500 valence electrons. The van der Waals surface area contributed by atoms with Crippen molar-refractivity contribution in [2.24, 2.45) is 5.73 Å². The van der Waals surface area contributed by atoms with Crippen molar-refractivity contribution in [2.45, 2.75) is 328 Å². The fraction of sp³-hybridized carbons (Fsp3) is 0.714. The first-order valence-electron chi connectivity index (χ1n) is 36.0. The number of phosphoric acid groups is 1. The Morgan fingerprint density at radius 2 is 0.598 bits per heavy atom. The average Bonchev–Trinajstić information content (AvgIpc) is 3.62. The minimum atomic E-state index is -4.40. The predicted molar refractivity (Wildman–Crippen MR) is 376 cm³/mol. The molecule has 0 aromatic heterocycles. The van der Waals surface area contributed by atoms with Gasteiger partial charge in [0.2, 0.25) is 0 Å². The van der Waals surface area contributed by atoms with E-state index in [1.54, 1.807) is 0 Å². The minimum Gasteiger partial charge on any atom is -0.462 e. The van der Waals surface area contributed by atoms with Gasteiger partial charge in [0, 0.05) is 19.4 Å². The summed E-state index contributed by atoms with van der Waals surface area (Å²) in [5, 5.41) is 0. The van der Waals surface area contributed by atoms with Crippen molar-refractivity contribution in [1.82, 2.24) is 0 Å². The topological polar surface area (TPSA) is 134 Å². The van der Waals surface area contributed by atoms with Crippen LogP contribution >= 0.6 is 7.82 Å². The largest absolute Gasteiger partial charge is 0.472 e. The predicted octanol–water partition coefficient (Wildman–Crippen LogP) is 23.9. The molecule has 0 aliphatic rings. The van der Waals surface area contributed by atoms with E-state index in [-0.39, 0.29) is 38.6 Å². The van der Waals surface area contributed by atoms with Gasteiger partial charge < -0.3 is 20.1 Å². The summed E-state index contributed by atoms with van der Waals surface area (Å²) in [5.74, 6) is -0.830. The SMILES string of the molecule is CC/C=C\C/C=C\C/C=C\C/C=C\C/C=C\C/C=C\CCCCCCCCCCC(=O)OC(COC(=O)CCCCCCCCCCCCCCCCCCCCCCCCCCCC/C=C\C/C=C\C/C=C\C/C=C\CC)COP(=O)(O)OCCN. The first kappa shape index (κ1) is 83.4. The minimum absolute atomic E-state index is 0.0483. The molecule has 0 saturated carbocycles. The van der Waals surface area contributed by atoms with Crippen LogP contribution in [0.25, 0.3) is 0 Å². The fourth-order valence-electron chi connectivity index (χ4n) is 10.1. The Bertz CT molecular complexity index is 1840. The van der Waals surface area contributed by atoms with Gasteiger partial charge >= 0.3 is 19.8 Å². The summed E-state index contributed by atoms with van der Waals surface area (Å²) in [4.78, 5) is 35.4. The van der Waals surface area contributed by atoms with E-state index >= 15 is 0 Å². The Kier molecular flexibility index (Phi) is 68.5. The van der Waals surface area contributed by atoms with Crippen LogP contribution in [0.2, 0.25) is 0 Å². The molecule has 87 heavy (non-hydrogen) atoms. The molecule has 0 aliphatic heterocycles.